The van der Waals surface area contributed by atoms with Crippen molar-refractivity contribution in [3.05, 3.63) is 87.5 Å². The molecule has 0 saturated heterocycles. The Balaban J connectivity index is 1.63. The SMILES string of the molecule is COc1cccc(N2C(=O)c3ccc(C(=O)Nc4cc([N+](=O)[O-])ccc4O)cc3C2=O)c1. The predicted molar refractivity (Wildman–Crippen MR) is 113 cm³/mol. The lowest BCUT2D eigenvalue weighted by Crippen LogP contribution is -2.29. The fraction of sp³-hybridized carbons (Fsp3) is 0.0455. The smallest absolute Gasteiger partial charge is 0.271 e. The first-order valence-corrected chi connectivity index (χ1v) is 9.26. The highest BCUT2D eigenvalue weighted by molar-refractivity contribution is 6.34. The number of nitrogens with one attached hydrogen (secondary N) is 1. The molecule has 1 aliphatic heterocycles. The number of ether oxygens (including phenoxy) is 1. The summed E-state index contributed by atoms with van der Waals surface area (Å²) in [6.45, 7) is 0. The number of carbonyl (C=O) groups is 3. The lowest BCUT2D eigenvalue weighted by molar-refractivity contribution is -0.384. The van der Waals surface area contributed by atoms with Gasteiger partial charge in [-0.05, 0) is 36.4 Å². The molecule has 10 nitrogen and oxygen atoms in total. The Morgan fingerprint density at radius 2 is 1.78 bits per heavy atom. The van der Waals surface area contributed by atoms with Gasteiger partial charge >= 0.3 is 0 Å². The van der Waals surface area contributed by atoms with Crippen molar-refractivity contribution >= 4 is 34.8 Å². The van der Waals surface area contributed by atoms with Crippen LogP contribution in [0.1, 0.15) is 31.1 Å². The van der Waals surface area contributed by atoms with Crippen LogP contribution in [0, 0.1) is 10.1 Å². The number of methoxy groups -OCH3 is 1. The monoisotopic (exact) mass is 433 g/mol. The molecule has 1 aliphatic rings. The van der Waals surface area contributed by atoms with Gasteiger partial charge in [-0.1, -0.05) is 6.07 Å². The number of rotatable bonds is 5. The molecule has 0 aliphatic carbocycles. The van der Waals surface area contributed by atoms with E-state index in [-0.39, 0.29) is 33.8 Å². The van der Waals surface area contributed by atoms with E-state index in [0.29, 0.717) is 11.4 Å². The Bertz CT molecular complexity index is 1300. The Morgan fingerprint density at radius 3 is 2.50 bits per heavy atom. The van der Waals surface area contributed by atoms with E-state index in [1.54, 1.807) is 24.3 Å². The minimum absolute atomic E-state index is 0.0308. The number of nitro groups is 1. The summed E-state index contributed by atoms with van der Waals surface area (Å²) < 4.78 is 5.14. The molecule has 3 amide bonds. The number of carbonyl (C=O) groups excluding carboxylic acids is 3. The summed E-state index contributed by atoms with van der Waals surface area (Å²) in [5.74, 6) is -1.76. The Hall–Kier alpha value is -4.73. The first-order chi connectivity index (χ1) is 15.3. The summed E-state index contributed by atoms with van der Waals surface area (Å²) in [7, 11) is 1.46. The molecule has 0 bridgehead atoms. The minimum Gasteiger partial charge on any atom is -0.506 e. The molecule has 3 aromatic rings. The molecule has 0 spiro atoms. The fourth-order valence-electron chi connectivity index (χ4n) is 3.30. The third-order valence-electron chi connectivity index (χ3n) is 4.90. The van der Waals surface area contributed by atoms with Crippen LogP contribution in [0.15, 0.2) is 60.7 Å². The van der Waals surface area contributed by atoms with Gasteiger partial charge in [0.1, 0.15) is 11.5 Å². The van der Waals surface area contributed by atoms with Gasteiger partial charge in [-0.25, -0.2) is 4.90 Å². The topological polar surface area (TPSA) is 139 Å². The highest BCUT2D eigenvalue weighted by atomic mass is 16.6. The van der Waals surface area contributed by atoms with Gasteiger partial charge in [0.25, 0.3) is 23.4 Å². The van der Waals surface area contributed by atoms with Crippen molar-refractivity contribution < 1.29 is 29.2 Å². The van der Waals surface area contributed by atoms with Crippen LogP contribution in [0.4, 0.5) is 17.1 Å². The summed E-state index contributed by atoms with van der Waals surface area (Å²) in [5, 5.41) is 23.2. The lowest BCUT2D eigenvalue weighted by Gasteiger charge is -2.14. The number of amides is 3. The molecule has 1 heterocycles. The second-order valence-corrected chi connectivity index (χ2v) is 6.82. The molecule has 3 aromatic carbocycles. The Kier molecular flexibility index (Phi) is 5.03. The molecule has 0 unspecified atom stereocenters. The summed E-state index contributed by atoms with van der Waals surface area (Å²) in [6, 6.07) is 13.6. The van der Waals surface area contributed by atoms with Crippen molar-refractivity contribution in [3.8, 4) is 11.5 Å². The van der Waals surface area contributed by atoms with Crippen LogP contribution < -0.4 is 15.0 Å². The van der Waals surface area contributed by atoms with Gasteiger partial charge in [0, 0.05) is 23.8 Å². The maximum atomic E-state index is 12.9. The van der Waals surface area contributed by atoms with Gasteiger partial charge in [0.15, 0.2) is 0 Å². The molecule has 0 atom stereocenters. The van der Waals surface area contributed by atoms with Crippen LogP contribution in [-0.4, -0.2) is 34.9 Å². The molecule has 32 heavy (non-hydrogen) atoms. The molecule has 0 saturated carbocycles. The number of fused-ring (bicyclic) bond motifs is 1. The van der Waals surface area contributed by atoms with Crippen LogP contribution in [-0.2, 0) is 0 Å². The molecular weight excluding hydrogens is 418 g/mol. The second kappa shape index (κ2) is 7.84. The van der Waals surface area contributed by atoms with Crippen LogP contribution in [0.3, 0.4) is 0 Å². The molecule has 2 N–H and O–H groups in total. The first kappa shape index (κ1) is 20.5. The summed E-state index contributed by atoms with van der Waals surface area (Å²) in [5.41, 5.74) is 0.0412. The quantitative estimate of drug-likeness (QED) is 0.272. The van der Waals surface area contributed by atoms with E-state index in [1.165, 1.54) is 25.3 Å². The van der Waals surface area contributed by atoms with Gasteiger partial charge in [0.2, 0.25) is 0 Å². The third kappa shape index (κ3) is 3.49. The Labute approximate surface area is 180 Å². The molecule has 160 valence electrons. The van der Waals surface area contributed by atoms with Crippen LogP contribution in [0.2, 0.25) is 0 Å². The van der Waals surface area contributed by atoms with E-state index < -0.39 is 22.6 Å². The van der Waals surface area contributed by atoms with Gasteiger partial charge in [-0.3, -0.25) is 24.5 Å². The van der Waals surface area contributed by atoms with E-state index in [1.807, 2.05) is 0 Å². The molecule has 0 radical (unpaired) electrons. The number of phenols is 1. The molecule has 10 heteroatoms. The van der Waals surface area contributed by atoms with Crippen LogP contribution in [0.25, 0.3) is 0 Å². The molecule has 0 fully saturated rings. The van der Waals surface area contributed by atoms with Gasteiger partial charge in [-0.2, -0.15) is 0 Å². The van der Waals surface area contributed by atoms with Gasteiger partial charge in [0.05, 0.1) is 34.5 Å². The summed E-state index contributed by atoms with van der Waals surface area (Å²) in [4.78, 5) is 49.6. The number of imide groups is 1. The first-order valence-electron chi connectivity index (χ1n) is 9.26. The standard InChI is InChI=1S/C22H15N3O7/c1-32-15-4-2-3-13(10-15)24-21(28)16-7-5-12(9-17(16)22(24)29)20(27)23-18-11-14(25(30)31)6-8-19(18)26/h2-11,26H,1H3,(H,23,27). The van der Waals surface area contributed by atoms with Crippen molar-refractivity contribution in [2.24, 2.45) is 0 Å². The zero-order valence-corrected chi connectivity index (χ0v) is 16.6. The zero-order chi connectivity index (χ0) is 23.0. The van der Waals surface area contributed by atoms with Crippen molar-refractivity contribution in [2.75, 3.05) is 17.3 Å². The highest BCUT2D eigenvalue weighted by Gasteiger charge is 2.37. The lowest BCUT2D eigenvalue weighted by atomic mass is 10.1. The number of hydrogen-bond acceptors (Lipinski definition) is 7. The molecule has 4 rings (SSSR count). The zero-order valence-electron chi connectivity index (χ0n) is 16.6. The maximum Gasteiger partial charge on any atom is 0.271 e. The second-order valence-electron chi connectivity index (χ2n) is 6.82. The van der Waals surface area contributed by atoms with Crippen molar-refractivity contribution in [1.29, 1.82) is 0 Å². The number of benzene rings is 3. The van der Waals surface area contributed by atoms with Gasteiger partial charge in [-0.15, -0.1) is 0 Å². The number of phenolic OH excluding ortho intramolecular Hbond substituents is 1. The van der Waals surface area contributed by atoms with Crippen LogP contribution >= 0.6 is 0 Å². The van der Waals surface area contributed by atoms with E-state index >= 15 is 0 Å². The van der Waals surface area contributed by atoms with Crippen LogP contribution in [0.5, 0.6) is 11.5 Å². The van der Waals surface area contributed by atoms with E-state index in [9.17, 15) is 29.6 Å². The normalized spacial score (nSPS) is 12.5. The van der Waals surface area contributed by atoms with Crippen molar-refractivity contribution in [3.63, 3.8) is 0 Å². The van der Waals surface area contributed by atoms with Gasteiger partial charge < -0.3 is 15.2 Å². The number of nitro benzene ring substituents is 1. The van der Waals surface area contributed by atoms with Crippen molar-refractivity contribution in [2.45, 2.75) is 0 Å². The van der Waals surface area contributed by atoms with E-state index in [2.05, 4.69) is 5.32 Å². The Morgan fingerprint density at radius 1 is 1.03 bits per heavy atom. The third-order valence-corrected chi connectivity index (χ3v) is 4.90. The fourth-order valence-corrected chi connectivity index (χ4v) is 3.30. The van der Waals surface area contributed by atoms with E-state index in [4.69, 9.17) is 4.74 Å². The molecular formula is C22H15N3O7. The minimum atomic E-state index is -0.719. The van der Waals surface area contributed by atoms with E-state index in [0.717, 1.165) is 23.1 Å². The summed E-state index contributed by atoms with van der Waals surface area (Å²) >= 11 is 0. The van der Waals surface area contributed by atoms with Crippen molar-refractivity contribution in [1.82, 2.24) is 0 Å². The largest absolute Gasteiger partial charge is 0.506 e. The highest BCUT2D eigenvalue weighted by Crippen LogP contribution is 2.32. The average Bonchev–Trinajstić information content (AvgIpc) is 3.04. The molecule has 0 aromatic heterocycles. The predicted octanol–water partition coefficient (Wildman–Crippen LogP) is 3.36. The number of non-ortho nitro benzene ring substituents is 1. The number of nitrogens with zero attached hydrogens (tertiary/aromatic N) is 2. The number of hydrogen-bond donors (Lipinski definition) is 2. The number of aromatic hydroxyl groups is 1. The summed E-state index contributed by atoms with van der Waals surface area (Å²) in [6.07, 6.45) is 0. The maximum absolute atomic E-state index is 12.9. The number of anilines is 2. The average molecular weight is 433 g/mol.